The number of hydrogen-bond acceptors (Lipinski definition) is 6. The Kier molecular flexibility index (Phi) is 4.20. The lowest BCUT2D eigenvalue weighted by atomic mass is 10.2. The van der Waals surface area contributed by atoms with Crippen molar-refractivity contribution >= 4 is 21.8 Å². The van der Waals surface area contributed by atoms with E-state index in [0.717, 1.165) is 23.6 Å². The summed E-state index contributed by atoms with van der Waals surface area (Å²) in [6, 6.07) is 7.41. The maximum absolute atomic E-state index is 12.2. The Bertz CT molecular complexity index is 768. The van der Waals surface area contributed by atoms with Gasteiger partial charge in [-0.05, 0) is 41.0 Å². The number of rotatable bonds is 6. The van der Waals surface area contributed by atoms with Crippen molar-refractivity contribution in [2.24, 2.45) is 0 Å². The van der Waals surface area contributed by atoms with Gasteiger partial charge in [0.05, 0.1) is 10.9 Å². The summed E-state index contributed by atoms with van der Waals surface area (Å²) in [5.41, 5.74) is 0.929. The third kappa shape index (κ3) is 3.16. The molecule has 3 rings (SSSR count). The van der Waals surface area contributed by atoms with Crippen LogP contribution in [0.5, 0.6) is 0 Å². The Balaban J connectivity index is 1.74. The van der Waals surface area contributed by atoms with Crippen molar-refractivity contribution < 1.29 is 8.42 Å². The van der Waals surface area contributed by atoms with E-state index < -0.39 is 10.0 Å². The van der Waals surface area contributed by atoms with Crippen molar-refractivity contribution in [2.45, 2.75) is 34.7 Å². The minimum atomic E-state index is -3.40. The normalized spacial score (nSPS) is 15.4. The highest BCUT2D eigenvalue weighted by Crippen LogP contribution is 2.36. The van der Waals surface area contributed by atoms with Gasteiger partial charge in [-0.25, -0.2) is 17.4 Å². The summed E-state index contributed by atoms with van der Waals surface area (Å²) in [6.07, 6.45) is 2.24. The maximum Gasteiger partial charge on any atom is 0.242 e. The van der Waals surface area contributed by atoms with Crippen LogP contribution in [0.2, 0.25) is 0 Å². The second-order valence-corrected chi connectivity index (χ2v) is 8.46. The van der Waals surface area contributed by atoms with Crippen LogP contribution in [-0.4, -0.2) is 47.0 Å². The summed E-state index contributed by atoms with van der Waals surface area (Å²) >= 11 is 1.52. The fraction of sp³-hybridized carbons (Fsp3) is 0.462. The fourth-order valence-corrected chi connectivity index (χ4v) is 3.84. The van der Waals surface area contributed by atoms with E-state index in [2.05, 4.69) is 15.5 Å². The molecule has 0 aliphatic heterocycles. The summed E-state index contributed by atoms with van der Waals surface area (Å²) in [6.45, 7) is 0. The maximum atomic E-state index is 12.2. The molecule has 1 heterocycles. The molecule has 1 fully saturated rings. The number of nitrogens with zero attached hydrogens (tertiary/aromatic N) is 5. The molecule has 7 nitrogen and oxygen atoms in total. The first kappa shape index (κ1) is 15.4. The molecule has 1 aromatic heterocycles. The lowest BCUT2D eigenvalue weighted by Gasteiger charge is -2.12. The van der Waals surface area contributed by atoms with Gasteiger partial charge in [-0.1, -0.05) is 23.9 Å². The zero-order chi connectivity index (χ0) is 15.7. The highest BCUT2D eigenvalue weighted by Gasteiger charge is 2.27. The molecular formula is C13H17N5O2S2. The number of sulfonamides is 1. The highest BCUT2D eigenvalue weighted by atomic mass is 32.2. The molecule has 0 bridgehead atoms. The van der Waals surface area contributed by atoms with Crippen molar-refractivity contribution in [1.82, 2.24) is 24.5 Å². The number of tetrazole rings is 1. The quantitative estimate of drug-likeness (QED) is 0.743. The Hall–Kier alpha value is -1.45. The van der Waals surface area contributed by atoms with Gasteiger partial charge in [0.25, 0.3) is 0 Å². The van der Waals surface area contributed by atoms with E-state index in [9.17, 15) is 8.42 Å². The van der Waals surface area contributed by atoms with Gasteiger partial charge in [0.2, 0.25) is 15.2 Å². The zero-order valence-corrected chi connectivity index (χ0v) is 14.0. The van der Waals surface area contributed by atoms with Gasteiger partial charge in [0, 0.05) is 19.8 Å². The molecule has 1 aliphatic rings. The van der Waals surface area contributed by atoms with E-state index in [4.69, 9.17) is 0 Å². The van der Waals surface area contributed by atoms with E-state index in [0.29, 0.717) is 16.7 Å². The van der Waals surface area contributed by atoms with Gasteiger partial charge in [-0.15, -0.1) is 5.10 Å². The van der Waals surface area contributed by atoms with E-state index >= 15 is 0 Å². The molecule has 9 heteroatoms. The molecule has 1 saturated carbocycles. The van der Waals surface area contributed by atoms with Gasteiger partial charge in [-0.2, -0.15) is 0 Å². The molecule has 0 N–H and O–H groups in total. The molecule has 1 aliphatic carbocycles. The number of thioether (sulfide) groups is 1. The molecule has 22 heavy (non-hydrogen) atoms. The van der Waals surface area contributed by atoms with Crippen LogP contribution in [0.25, 0.3) is 0 Å². The first-order chi connectivity index (χ1) is 10.5. The molecule has 0 spiro atoms. The van der Waals surface area contributed by atoms with Crippen molar-refractivity contribution in [3.63, 3.8) is 0 Å². The summed E-state index contributed by atoms with van der Waals surface area (Å²) in [5, 5.41) is 12.5. The first-order valence-corrected chi connectivity index (χ1v) is 9.33. The van der Waals surface area contributed by atoms with Crippen LogP contribution in [-0.2, 0) is 15.8 Å². The fourth-order valence-electron chi connectivity index (χ4n) is 1.98. The second kappa shape index (κ2) is 5.98. The van der Waals surface area contributed by atoms with Crippen LogP contribution in [0.1, 0.15) is 24.4 Å². The Morgan fingerprint density at radius 2 is 2.14 bits per heavy atom. The number of benzene rings is 1. The third-order valence-electron chi connectivity index (χ3n) is 3.40. The lowest BCUT2D eigenvalue weighted by Crippen LogP contribution is -2.22. The number of hydrogen-bond donors (Lipinski definition) is 0. The van der Waals surface area contributed by atoms with Crippen molar-refractivity contribution in [2.75, 3.05) is 14.1 Å². The van der Waals surface area contributed by atoms with Crippen molar-refractivity contribution in [3.05, 3.63) is 29.8 Å². The minimum Gasteiger partial charge on any atom is -0.217 e. The van der Waals surface area contributed by atoms with Crippen LogP contribution in [0, 0.1) is 0 Å². The predicted octanol–water partition coefficient (Wildman–Crippen LogP) is 1.55. The SMILES string of the molecule is CN(C)S(=O)(=O)c1cccc(CSc2nnnn2C2CC2)c1. The van der Waals surface area contributed by atoms with Gasteiger partial charge in [0.15, 0.2) is 0 Å². The Morgan fingerprint density at radius 1 is 1.36 bits per heavy atom. The van der Waals surface area contributed by atoms with Crippen LogP contribution in [0.3, 0.4) is 0 Å². The van der Waals surface area contributed by atoms with Gasteiger partial charge in [-0.3, -0.25) is 0 Å². The van der Waals surface area contributed by atoms with Crippen molar-refractivity contribution in [1.29, 1.82) is 0 Å². The van der Waals surface area contributed by atoms with E-state index in [1.807, 2.05) is 10.7 Å². The molecule has 0 saturated heterocycles. The predicted molar refractivity (Wildman–Crippen MR) is 83.0 cm³/mol. The Morgan fingerprint density at radius 3 is 2.82 bits per heavy atom. The average molecular weight is 339 g/mol. The third-order valence-corrected chi connectivity index (χ3v) is 6.22. The first-order valence-electron chi connectivity index (χ1n) is 6.90. The second-order valence-electron chi connectivity index (χ2n) is 5.36. The topological polar surface area (TPSA) is 81.0 Å². The Labute approximate surface area is 133 Å². The van der Waals surface area contributed by atoms with E-state index in [-0.39, 0.29) is 0 Å². The molecule has 118 valence electrons. The van der Waals surface area contributed by atoms with Crippen LogP contribution < -0.4 is 0 Å². The monoisotopic (exact) mass is 339 g/mol. The highest BCUT2D eigenvalue weighted by molar-refractivity contribution is 7.98. The molecule has 1 aromatic carbocycles. The van der Waals surface area contributed by atoms with Crippen LogP contribution >= 0.6 is 11.8 Å². The summed E-state index contributed by atoms with van der Waals surface area (Å²) in [5.74, 6) is 0.629. The molecule has 0 radical (unpaired) electrons. The standard InChI is InChI=1S/C13H17N5O2S2/c1-17(2)22(19,20)12-5-3-4-10(8-12)9-21-13-14-15-16-18(13)11-6-7-11/h3-5,8,11H,6-7,9H2,1-2H3. The van der Waals surface area contributed by atoms with Gasteiger partial charge < -0.3 is 0 Å². The van der Waals surface area contributed by atoms with E-state index in [1.165, 1.54) is 30.2 Å². The molecule has 2 aromatic rings. The largest absolute Gasteiger partial charge is 0.242 e. The van der Waals surface area contributed by atoms with Crippen LogP contribution in [0.15, 0.2) is 34.3 Å². The van der Waals surface area contributed by atoms with E-state index in [1.54, 1.807) is 18.2 Å². The zero-order valence-electron chi connectivity index (χ0n) is 12.4. The van der Waals surface area contributed by atoms with Gasteiger partial charge >= 0.3 is 0 Å². The average Bonchev–Trinajstić information content (AvgIpc) is 3.24. The van der Waals surface area contributed by atoms with Gasteiger partial charge in [0.1, 0.15) is 0 Å². The molecule has 0 atom stereocenters. The molecule has 0 unspecified atom stereocenters. The molecule has 0 amide bonds. The summed E-state index contributed by atoms with van der Waals surface area (Å²) in [7, 11) is -0.348. The lowest BCUT2D eigenvalue weighted by molar-refractivity contribution is 0.520. The van der Waals surface area contributed by atoms with Crippen molar-refractivity contribution in [3.8, 4) is 0 Å². The smallest absolute Gasteiger partial charge is 0.217 e. The molecular weight excluding hydrogens is 322 g/mol. The van der Waals surface area contributed by atoms with Crippen LogP contribution in [0.4, 0.5) is 0 Å². The minimum absolute atomic E-state index is 0.303. The summed E-state index contributed by atoms with van der Waals surface area (Å²) in [4.78, 5) is 0.303. The summed E-state index contributed by atoms with van der Waals surface area (Å²) < 4.78 is 27.4. The number of aromatic nitrogens is 4.